The van der Waals surface area contributed by atoms with E-state index in [0.29, 0.717) is 11.3 Å². The Morgan fingerprint density at radius 3 is 2.53 bits per heavy atom. The molecule has 1 aromatic carbocycles. The summed E-state index contributed by atoms with van der Waals surface area (Å²) in [5.74, 6) is -0.181. The number of nitrogens with one attached hydrogen (secondary N) is 1. The average Bonchev–Trinajstić information content (AvgIpc) is 2.78. The van der Waals surface area contributed by atoms with Crippen molar-refractivity contribution in [1.29, 1.82) is 0 Å². The second-order valence-electron chi connectivity index (χ2n) is 3.50. The van der Waals surface area contributed by atoms with E-state index in [2.05, 4.69) is 32.6 Å². The van der Waals surface area contributed by atoms with Crippen molar-refractivity contribution < 1.29 is 18.3 Å². The van der Waals surface area contributed by atoms with Gasteiger partial charge in [0.25, 0.3) is 5.91 Å². The quantitative estimate of drug-likeness (QED) is 0.788. The van der Waals surface area contributed by atoms with Gasteiger partial charge in [-0.1, -0.05) is 0 Å². The van der Waals surface area contributed by atoms with Crippen LogP contribution >= 0.6 is 33.9 Å². The number of halogens is 3. The third-order valence-electron chi connectivity index (χ3n) is 2.17. The van der Waals surface area contributed by atoms with Gasteiger partial charge in [0.15, 0.2) is 0 Å². The van der Waals surface area contributed by atoms with Crippen LogP contribution in [0, 0.1) is 2.88 Å². The summed E-state index contributed by atoms with van der Waals surface area (Å²) >= 11 is 3.61. The van der Waals surface area contributed by atoms with Crippen molar-refractivity contribution in [3.63, 3.8) is 0 Å². The van der Waals surface area contributed by atoms with Gasteiger partial charge in [-0.05, 0) is 52.9 Å². The van der Waals surface area contributed by atoms with Gasteiger partial charge in [0.2, 0.25) is 0 Å². The first-order chi connectivity index (χ1) is 9.04. The molecule has 1 N–H and O–H groups in total. The highest BCUT2D eigenvalue weighted by Crippen LogP contribution is 2.20. The highest BCUT2D eigenvalue weighted by molar-refractivity contribution is 14.1. The number of hydrogen-bond donors (Lipinski definition) is 1. The smallest absolute Gasteiger partial charge is 0.387 e. The maximum absolute atomic E-state index is 12.0. The SMILES string of the molecule is O=C(Nc1ccc(OC(F)F)cc1)c1csc(I)c1. The summed E-state index contributed by atoms with van der Waals surface area (Å²) in [6.07, 6.45) is 0. The summed E-state index contributed by atoms with van der Waals surface area (Å²) in [5.41, 5.74) is 1.09. The van der Waals surface area contributed by atoms with Crippen LogP contribution in [0.5, 0.6) is 5.75 Å². The minimum absolute atomic E-state index is 0.0538. The molecule has 100 valence electrons. The number of carbonyl (C=O) groups excluding carboxylic acids is 1. The molecule has 0 saturated heterocycles. The van der Waals surface area contributed by atoms with Crippen molar-refractivity contribution >= 4 is 45.5 Å². The van der Waals surface area contributed by atoms with E-state index in [1.807, 2.05) is 0 Å². The van der Waals surface area contributed by atoms with Gasteiger partial charge < -0.3 is 10.1 Å². The summed E-state index contributed by atoms with van der Waals surface area (Å²) in [6.45, 7) is -2.85. The summed E-state index contributed by atoms with van der Waals surface area (Å²) in [5, 5.41) is 4.43. The number of rotatable bonds is 4. The van der Waals surface area contributed by atoms with E-state index in [-0.39, 0.29) is 11.7 Å². The molecule has 2 aromatic rings. The van der Waals surface area contributed by atoms with Crippen LogP contribution in [0.3, 0.4) is 0 Å². The number of amides is 1. The summed E-state index contributed by atoms with van der Waals surface area (Å²) in [4.78, 5) is 11.8. The van der Waals surface area contributed by atoms with Gasteiger partial charge in [0.1, 0.15) is 5.75 Å². The zero-order valence-corrected chi connectivity index (χ0v) is 12.4. The van der Waals surface area contributed by atoms with E-state index in [4.69, 9.17) is 0 Å². The Kier molecular flexibility index (Phi) is 4.70. The molecule has 0 saturated carbocycles. The first-order valence-electron chi connectivity index (χ1n) is 5.15. The molecule has 0 unspecified atom stereocenters. The molecule has 0 aliphatic heterocycles. The van der Waals surface area contributed by atoms with Crippen LogP contribution in [0.2, 0.25) is 0 Å². The van der Waals surface area contributed by atoms with Crippen LogP contribution in [0.15, 0.2) is 35.7 Å². The molecule has 0 radical (unpaired) electrons. The van der Waals surface area contributed by atoms with Gasteiger partial charge in [-0.3, -0.25) is 4.79 Å². The van der Waals surface area contributed by atoms with Gasteiger partial charge in [0.05, 0.1) is 8.45 Å². The fourth-order valence-electron chi connectivity index (χ4n) is 1.35. The molecular weight excluding hydrogens is 387 g/mol. The molecule has 0 aliphatic carbocycles. The standard InChI is InChI=1S/C12H8F2INO2S/c13-12(14)18-9-3-1-8(2-4-9)16-11(17)7-5-10(15)19-6-7/h1-6,12H,(H,16,17). The van der Waals surface area contributed by atoms with Crippen LogP contribution in [0.25, 0.3) is 0 Å². The lowest BCUT2D eigenvalue weighted by molar-refractivity contribution is -0.0498. The number of anilines is 1. The molecule has 0 spiro atoms. The molecule has 0 bridgehead atoms. The van der Waals surface area contributed by atoms with Gasteiger partial charge in [0, 0.05) is 11.1 Å². The Hall–Kier alpha value is -1.22. The van der Waals surface area contributed by atoms with Gasteiger partial charge in [-0.2, -0.15) is 8.78 Å². The number of ether oxygens (including phenoxy) is 1. The number of benzene rings is 1. The minimum atomic E-state index is -2.85. The van der Waals surface area contributed by atoms with Crippen LogP contribution in [0.4, 0.5) is 14.5 Å². The van der Waals surface area contributed by atoms with Crippen LogP contribution in [0.1, 0.15) is 10.4 Å². The molecule has 0 aliphatic rings. The maximum Gasteiger partial charge on any atom is 0.387 e. The third kappa shape index (κ3) is 4.13. The van der Waals surface area contributed by atoms with E-state index in [1.165, 1.54) is 35.6 Å². The molecule has 2 rings (SSSR count). The predicted octanol–water partition coefficient (Wildman–Crippen LogP) is 4.21. The Labute approximate surface area is 125 Å². The molecule has 1 amide bonds. The first kappa shape index (κ1) is 14.2. The lowest BCUT2D eigenvalue weighted by Gasteiger charge is -2.06. The van der Waals surface area contributed by atoms with E-state index in [1.54, 1.807) is 11.4 Å². The van der Waals surface area contributed by atoms with Crippen LogP contribution < -0.4 is 10.1 Å². The van der Waals surface area contributed by atoms with Crippen molar-refractivity contribution in [2.24, 2.45) is 0 Å². The molecule has 0 fully saturated rings. The number of hydrogen-bond acceptors (Lipinski definition) is 3. The lowest BCUT2D eigenvalue weighted by atomic mass is 10.2. The number of alkyl halides is 2. The van der Waals surface area contributed by atoms with Crippen LogP contribution in [-0.2, 0) is 0 Å². The number of thiophene rings is 1. The largest absolute Gasteiger partial charge is 0.435 e. The van der Waals surface area contributed by atoms with E-state index >= 15 is 0 Å². The average molecular weight is 395 g/mol. The molecule has 1 heterocycles. The minimum Gasteiger partial charge on any atom is -0.435 e. The summed E-state index contributed by atoms with van der Waals surface area (Å²) in [6, 6.07) is 7.53. The molecular formula is C12H8F2INO2S. The third-order valence-corrected chi connectivity index (χ3v) is 3.96. The van der Waals surface area contributed by atoms with Crippen molar-refractivity contribution in [2.45, 2.75) is 6.61 Å². The van der Waals surface area contributed by atoms with Gasteiger partial charge >= 0.3 is 6.61 Å². The lowest BCUT2D eigenvalue weighted by Crippen LogP contribution is -2.10. The molecule has 0 atom stereocenters. The highest BCUT2D eigenvalue weighted by atomic mass is 127. The maximum atomic E-state index is 12.0. The Balaban J connectivity index is 2.01. The second-order valence-corrected chi connectivity index (χ2v) is 6.30. The molecule has 7 heteroatoms. The van der Waals surface area contributed by atoms with Crippen molar-refractivity contribution in [2.75, 3.05) is 5.32 Å². The molecule has 1 aromatic heterocycles. The predicted molar refractivity (Wildman–Crippen MR) is 78.1 cm³/mol. The van der Waals surface area contributed by atoms with E-state index in [0.717, 1.165) is 2.88 Å². The van der Waals surface area contributed by atoms with Gasteiger partial charge in [-0.15, -0.1) is 11.3 Å². The van der Waals surface area contributed by atoms with Crippen molar-refractivity contribution in [3.05, 3.63) is 44.2 Å². The fraction of sp³-hybridized carbons (Fsp3) is 0.0833. The molecule has 19 heavy (non-hydrogen) atoms. The Morgan fingerprint density at radius 1 is 1.32 bits per heavy atom. The number of carbonyl (C=O) groups is 1. The Bertz CT molecular complexity index is 571. The Morgan fingerprint density at radius 2 is 2.00 bits per heavy atom. The van der Waals surface area contributed by atoms with Crippen LogP contribution in [-0.4, -0.2) is 12.5 Å². The summed E-state index contributed by atoms with van der Waals surface area (Å²) < 4.78 is 29.2. The van der Waals surface area contributed by atoms with Crippen molar-refractivity contribution in [1.82, 2.24) is 0 Å². The van der Waals surface area contributed by atoms with E-state index in [9.17, 15) is 13.6 Å². The molecule has 3 nitrogen and oxygen atoms in total. The second kappa shape index (κ2) is 6.29. The van der Waals surface area contributed by atoms with Crippen molar-refractivity contribution in [3.8, 4) is 5.75 Å². The monoisotopic (exact) mass is 395 g/mol. The zero-order valence-electron chi connectivity index (χ0n) is 9.40. The zero-order chi connectivity index (χ0) is 13.8. The normalized spacial score (nSPS) is 10.5. The summed E-state index contributed by atoms with van der Waals surface area (Å²) in [7, 11) is 0. The van der Waals surface area contributed by atoms with E-state index < -0.39 is 6.61 Å². The highest BCUT2D eigenvalue weighted by Gasteiger charge is 2.09. The first-order valence-corrected chi connectivity index (χ1v) is 7.10. The fourth-order valence-corrected chi connectivity index (χ4v) is 2.68. The topological polar surface area (TPSA) is 38.3 Å². The van der Waals surface area contributed by atoms with Gasteiger partial charge in [-0.25, -0.2) is 0 Å².